The fourth-order valence-electron chi connectivity index (χ4n) is 1.82. The van der Waals surface area contributed by atoms with E-state index in [0.717, 1.165) is 47.9 Å². The van der Waals surface area contributed by atoms with Crippen LogP contribution in [0.3, 0.4) is 0 Å². The summed E-state index contributed by atoms with van der Waals surface area (Å²) in [6.07, 6.45) is 1.95. The lowest BCUT2D eigenvalue weighted by Gasteiger charge is -2.10. The van der Waals surface area contributed by atoms with Crippen LogP contribution in [0.2, 0.25) is 0 Å². The summed E-state index contributed by atoms with van der Waals surface area (Å²) in [5.41, 5.74) is 0. The summed E-state index contributed by atoms with van der Waals surface area (Å²) >= 11 is 5.27. The van der Waals surface area contributed by atoms with Crippen LogP contribution in [0.5, 0.6) is 0 Å². The van der Waals surface area contributed by atoms with Crippen LogP contribution in [0.1, 0.15) is 31.0 Å². The normalized spacial score (nSPS) is 10.6. The van der Waals surface area contributed by atoms with Gasteiger partial charge in [-0.1, -0.05) is 6.92 Å². The van der Waals surface area contributed by atoms with E-state index in [2.05, 4.69) is 61.8 Å². The summed E-state index contributed by atoms with van der Waals surface area (Å²) in [7, 11) is 0. The van der Waals surface area contributed by atoms with Crippen LogP contribution in [0.15, 0.2) is 22.0 Å². The SMILES string of the molecule is CCCc1nc(NCC)cc(NCc2sccc2Br)n1. The molecule has 0 spiro atoms. The van der Waals surface area contributed by atoms with Crippen molar-refractivity contribution in [1.82, 2.24) is 9.97 Å². The van der Waals surface area contributed by atoms with Gasteiger partial charge in [0.1, 0.15) is 17.5 Å². The quantitative estimate of drug-likeness (QED) is 0.778. The van der Waals surface area contributed by atoms with Crippen LogP contribution in [0, 0.1) is 0 Å². The van der Waals surface area contributed by atoms with Crippen molar-refractivity contribution >= 4 is 38.9 Å². The minimum absolute atomic E-state index is 0.770. The smallest absolute Gasteiger partial charge is 0.133 e. The van der Waals surface area contributed by atoms with E-state index in [4.69, 9.17) is 0 Å². The van der Waals surface area contributed by atoms with Crippen LogP contribution in [-0.4, -0.2) is 16.5 Å². The number of nitrogens with one attached hydrogen (secondary N) is 2. The maximum Gasteiger partial charge on any atom is 0.133 e. The summed E-state index contributed by atoms with van der Waals surface area (Å²) in [5.74, 6) is 2.65. The van der Waals surface area contributed by atoms with Crippen LogP contribution < -0.4 is 10.6 Å². The summed E-state index contributed by atoms with van der Waals surface area (Å²) in [6.45, 7) is 5.83. The number of aromatic nitrogens is 2. The zero-order valence-corrected chi connectivity index (χ0v) is 14.1. The Hall–Kier alpha value is -1.14. The van der Waals surface area contributed by atoms with E-state index < -0.39 is 0 Å². The Morgan fingerprint density at radius 2 is 1.95 bits per heavy atom. The number of rotatable bonds is 7. The molecule has 0 bridgehead atoms. The highest BCUT2D eigenvalue weighted by molar-refractivity contribution is 9.10. The summed E-state index contributed by atoms with van der Waals surface area (Å²) in [6, 6.07) is 4.03. The van der Waals surface area contributed by atoms with Crippen molar-refractivity contribution in [2.24, 2.45) is 0 Å². The van der Waals surface area contributed by atoms with Gasteiger partial charge < -0.3 is 10.6 Å². The molecule has 2 N–H and O–H groups in total. The summed E-state index contributed by atoms with van der Waals surface area (Å²) in [5, 5.41) is 8.71. The van der Waals surface area contributed by atoms with Gasteiger partial charge in [-0.2, -0.15) is 0 Å². The molecule has 0 radical (unpaired) electrons. The Morgan fingerprint density at radius 3 is 2.55 bits per heavy atom. The van der Waals surface area contributed by atoms with Gasteiger partial charge in [0, 0.05) is 28.4 Å². The highest BCUT2D eigenvalue weighted by Gasteiger charge is 2.05. The second kappa shape index (κ2) is 7.59. The van der Waals surface area contributed by atoms with E-state index >= 15 is 0 Å². The molecule has 0 atom stereocenters. The molecule has 2 rings (SSSR count). The average molecular weight is 355 g/mol. The zero-order valence-electron chi connectivity index (χ0n) is 11.7. The van der Waals surface area contributed by atoms with Gasteiger partial charge in [-0.3, -0.25) is 0 Å². The maximum atomic E-state index is 4.56. The molecular formula is C14H19BrN4S. The fourth-order valence-corrected chi connectivity index (χ4v) is 3.25. The standard InChI is InChI=1S/C14H19BrN4S/c1-3-5-12-18-13(16-4-2)8-14(19-12)17-9-11-10(15)6-7-20-11/h6-8H,3-5,9H2,1-2H3,(H2,16,17,18,19). The van der Waals surface area contributed by atoms with Crippen molar-refractivity contribution < 1.29 is 0 Å². The molecule has 0 aliphatic rings. The van der Waals surface area contributed by atoms with E-state index in [9.17, 15) is 0 Å². The zero-order chi connectivity index (χ0) is 14.4. The predicted molar refractivity (Wildman–Crippen MR) is 89.5 cm³/mol. The number of anilines is 2. The van der Waals surface area contributed by atoms with Gasteiger partial charge in [-0.05, 0) is 40.7 Å². The molecule has 0 aromatic carbocycles. The molecule has 0 aliphatic carbocycles. The van der Waals surface area contributed by atoms with Gasteiger partial charge >= 0.3 is 0 Å². The molecule has 2 aromatic rings. The van der Waals surface area contributed by atoms with E-state index in [1.807, 2.05) is 6.07 Å². The number of hydrogen-bond acceptors (Lipinski definition) is 5. The first-order valence-corrected chi connectivity index (χ1v) is 8.47. The van der Waals surface area contributed by atoms with E-state index in [0.29, 0.717) is 0 Å². The minimum Gasteiger partial charge on any atom is -0.370 e. The van der Waals surface area contributed by atoms with E-state index in [-0.39, 0.29) is 0 Å². The Kier molecular flexibility index (Phi) is 5.79. The Labute approximate surface area is 132 Å². The molecule has 0 amide bonds. The number of nitrogens with zero attached hydrogens (tertiary/aromatic N) is 2. The van der Waals surface area contributed by atoms with Crippen molar-refractivity contribution in [1.29, 1.82) is 0 Å². The van der Waals surface area contributed by atoms with Crippen LogP contribution in [0.25, 0.3) is 0 Å². The maximum absolute atomic E-state index is 4.56. The molecule has 4 nitrogen and oxygen atoms in total. The van der Waals surface area contributed by atoms with Gasteiger partial charge in [0.2, 0.25) is 0 Å². The third-order valence-corrected chi connectivity index (χ3v) is 4.65. The molecular weight excluding hydrogens is 336 g/mol. The number of hydrogen-bond donors (Lipinski definition) is 2. The monoisotopic (exact) mass is 354 g/mol. The second-order valence-electron chi connectivity index (χ2n) is 4.38. The van der Waals surface area contributed by atoms with Gasteiger partial charge in [-0.25, -0.2) is 9.97 Å². The van der Waals surface area contributed by atoms with E-state index in [1.54, 1.807) is 11.3 Å². The predicted octanol–water partition coefficient (Wildman–Crippen LogP) is 4.30. The number of aryl methyl sites for hydroxylation is 1. The highest BCUT2D eigenvalue weighted by Crippen LogP contribution is 2.23. The van der Waals surface area contributed by atoms with Crippen LogP contribution in [-0.2, 0) is 13.0 Å². The number of halogens is 1. The third-order valence-electron chi connectivity index (χ3n) is 2.73. The van der Waals surface area contributed by atoms with Crippen molar-refractivity contribution in [3.8, 4) is 0 Å². The molecule has 108 valence electrons. The molecule has 0 fully saturated rings. The van der Waals surface area contributed by atoms with Crippen LogP contribution in [0.4, 0.5) is 11.6 Å². The lowest BCUT2D eigenvalue weighted by molar-refractivity contribution is 0.834. The Morgan fingerprint density at radius 1 is 1.20 bits per heavy atom. The van der Waals surface area contributed by atoms with Gasteiger partial charge in [0.15, 0.2) is 0 Å². The van der Waals surface area contributed by atoms with Crippen molar-refractivity contribution in [2.45, 2.75) is 33.2 Å². The average Bonchev–Trinajstić information content (AvgIpc) is 2.83. The van der Waals surface area contributed by atoms with Gasteiger partial charge in [0.05, 0.1) is 6.54 Å². The molecule has 2 heterocycles. The Balaban J connectivity index is 2.11. The highest BCUT2D eigenvalue weighted by atomic mass is 79.9. The molecule has 0 saturated heterocycles. The first kappa shape index (κ1) is 15.3. The van der Waals surface area contributed by atoms with Crippen molar-refractivity contribution in [3.05, 3.63) is 32.7 Å². The lowest BCUT2D eigenvalue weighted by atomic mass is 10.3. The third kappa shape index (κ3) is 4.18. The molecule has 0 aliphatic heterocycles. The van der Waals surface area contributed by atoms with E-state index in [1.165, 1.54) is 4.88 Å². The molecule has 0 unspecified atom stereocenters. The molecule has 0 saturated carbocycles. The first-order valence-electron chi connectivity index (χ1n) is 6.80. The largest absolute Gasteiger partial charge is 0.370 e. The first-order chi connectivity index (χ1) is 9.72. The minimum atomic E-state index is 0.770. The summed E-state index contributed by atoms with van der Waals surface area (Å²) in [4.78, 5) is 10.3. The van der Waals surface area contributed by atoms with Crippen molar-refractivity contribution in [2.75, 3.05) is 17.2 Å². The summed E-state index contributed by atoms with van der Waals surface area (Å²) < 4.78 is 1.14. The topological polar surface area (TPSA) is 49.8 Å². The molecule has 20 heavy (non-hydrogen) atoms. The second-order valence-corrected chi connectivity index (χ2v) is 6.24. The fraction of sp³-hybridized carbons (Fsp3) is 0.429. The molecule has 6 heteroatoms. The van der Waals surface area contributed by atoms with Crippen molar-refractivity contribution in [3.63, 3.8) is 0 Å². The molecule has 2 aromatic heterocycles. The van der Waals surface area contributed by atoms with Gasteiger partial charge in [0.25, 0.3) is 0 Å². The number of thiophene rings is 1. The van der Waals surface area contributed by atoms with Gasteiger partial charge in [-0.15, -0.1) is 11.3 Å². The Bertz CT molecular complexity index is 532. The van der Waals surface area contributed by atoms with Crippen LogP contribution >= 0.6 is 27.3 Å². The lowest BCUT2D eigenvalue weighted by Crippen LogP contribution is -2.08.